The zero-order valence-electron chi connectivity index (χ0n) is 9.88. The first-order valence-electron chi connectivity index (χ1n) is 5.97. The Balaban J connectivity index is 1.76. The molecule has 1 saturated carbocycles. The Labute approximate surface area is 112 Å². The molecule has 1 aromatic rings. The standard InChI is InChI=1S/C13H17Cl2NO/c1-2-17-13-6-12(7-13)16-8-9-3-10(14)5-11(15)4-9/h3-5,12-13,16H,2,6-8H2,1H3. The molecule has 4 heteroatoms. The second-order valence-corrected chi connectivity index (χ2v) is 5.28. The Morgan fingerprint density at radius 2 is 1.88 bits per heavy atom. The molecule has 1 N–H and O–H groups in total. The van der Waals surface area contributed by atoms with Gasteiger partial charge in [0.2, 0.25) is 0 Å². The lowest BCUT2D eigenvalue weighted by Crippen LogP contribution is -2.45. The van der Waals surface area contributed by atoms with Crippen LogP contribution in [0, 0.1) is 0 Å². The van der Waals surface area contributed by atoms with Crippen LogP contribution in [0.2, 0.25) is 10.0 Å². The van der Waals surface area contributed by atoms with E-state index in [1.165, 1.54) is 0 Å². The third-order valence-electron chi connectivity index (χ3n) is 3.01. The predicted molar refractivity (Wildman–Crippen MR) is 71.7 cm³/mol. The fraction of sp³-hybridized carbons (Fsp3) is 0.538. The molecular formula is C13H17Cl2NO. The summed E-state index contributed by atoms with van der Waals surface area (Å²) in [6.45, 7) is 3.65. The zero-order chi connectivity index (χ0) is 12.3. The fourth-order valence-corrected chi connectivity index (χ4v) is 2.65. The van der Waals surface area contributed by atoms with Crippen molar-refractivity contribution in [2.24, 2.45) is 0 Å². The van der Waals surface area contributed by atoms with E-state index in [4.69, 9.17) is 27.9 Å². The summed E-state index contributed by atoms with van der Waals surface area (Å²) in [5, 5.41) is 4.86. The van der Waals surface area contributed by atoms with Crippen molar-refractivity contribution < 1.29 is 4.74 Å². The van der Waals surface area contributed by atoms with E-state index < -0.39 is 0 Å². The fourth-order valence-electron chi connectivity index (χ4n) is 2.08. The summed E-state index contributed by atoms with van der Waals surface area (Å²) in [4.78, 5) is 0. The van der Waals surface area contributed by atoms with Gasteiger partial charge in [0.1, 0.15) is 0 Å². The molecule has 0 radical (unpaired) electrons. The zero-order valence-corrected chi connectivity index (χ0v) is 11.4. The lowest BCUT2D eigenvalue weighted by molar-refractivity contribution is -0.0102. The maximum Gasteiger partial charge on any atom is 0.0604 e. The van der Waals surface area contributed by atoms with Gasteiger partial charge in [0.25, 0.3) is 0 Å². The molecule has 0 heterocycles. The minimum atomic E-state index is 0.445. The van der Waals surface area contributed by atoms with E-state index in [0.717, 1.165) is 31.6 Å². The molecule has 0 saturated heterocycles. The van der Waals surface area contributed by atoms with Gasteiger partial charge in [0, 0.05) is 29.2 Å². The molecule has 1 aliphatic carbocycles. The maximum absolute atomic E-state index is 5.95. The molecule has 0 amide bonds. The number of hydrogen-bond acceptors (Lipinski definition) is 2. The largest absolute Gasteiger partial charge is 0.378 e. The SMILES string of the molecule is CCOC1CC(NCc2cc(Cl)cc(Cl)c2)C1. The Bertz CT molecular complexity index is 357. The van der Waals surface area contributed by atoms with Crippen LogP contribution in [-0.4, -0.2) is 18.8 Å². The van der Waals surface area contributed by atoms with E-state index in [2.05, 4.69) is 5.32 Å². The van der Waals surface area contributed by atoms with E-state index in [1.807, 2.05) is 19.1 Å². The highest BCUT2D eigenvalue weighted by atomic mass is 35.5. The van der Waals surface area contributed by atoms with Gasteiger partial charge in [-0.25, -0.2) is 0 Å². The van der Waals surface area contributed by atoms with Crippen LogP contribution in [0.4, 0.5) is 0 Å². The van der Waals surface area contributed by atoms with Crippen LogP contribution in [-0.2, 0) is 11.3 Å². The van der Waals surface area contributed by atoms with Crippen LogP contribution in [0.3, 0.4) is 0 Å². The van der Waals surface area contributed by atoms with Crippen molar-refractivity contribution in [2.45, 2.75) is 38.5 Å². The molecule has 17 heavy (non-hydrogen) atoms. The number of benzene rings is 1. The first kappa shape index (κ1) is 13.2. The molecule has 2 rings (SSSR count). The molecule has 0 aliphatic heterocycles. The second kappa shape index (κ2) is 6.05. The summed E-state index contributed by atoms with van der Waals surface area (Å²) in [5.41, 5.74) is 1.13. The minimum Gasteiger partial charge on any atom is -0.378 e. The van der Waals surface area contributed by atoms with Gasteiger partial charge < -0.3 is 10.1 Å². The molecule has 1 fully saturated rings. The topological polar surface area (TPSA) is 21.3 Å². The Morgan fingerprint density at radius 3 is 2.47 bits per heavy atom. The van der Waals surface area contributed by atoms with Crippen molar-refractivity contribution >= 4 is 23.2 Å². The molecule has 1 aliphatic rings. The van der Waals surface area contributed by atoms with Crippen LogP contribution in [0.15, 0.2) is 18.2 Å². The summed E-state index contributed by atoms with van der Waals surface area (Å²) in [7, 11) is 0. The number of hydrogen-bond donors (Lipinski definition) is 1. The molecule has 1 aromatic carbocycles. The van der Waals surface area contributed by atoms with Crippen LogP contribution in [0.25, 0.3) is 0 Å². The Hall–Kier alpha value is -0.280. The van der Waals surface area contributed by atoms with Crippen molar-refractivity contribution in [1.82, 2.24) is 5.32 Å². The second-order valence-electron chi connectivity index (χ2n) is 4.40. The normalized spacial score (nSPS) is 23.5. The molecule has 94 valence electrons. The Morgan fingerprint density at radius 1 is 1.24 bits per heavy atom. The summed E-state index contributed by atoms with van der Waals surface area (Å²) >= 11 is 11.9. The van der Waals surface area contributed by atoms with Crippen LogP contribution < -0.4 is 5.32 Å². The average molecular weight is 274 g/mol. The average Bonchev–Trinajstić information content (AvgIpc) is 2.19. The van der Waals surface area contributed by atoms with Gasteiger partial charge in [-0.15, -0.1) is 0 Å². The summed E-state index contributed by atoms with van der Waals surface area (Å²) in [6, 6.07) is 6.20. The minimum absolute atomic E-state index is 0.445. The molecule has 0 atom stereocenters. The van der Waals surface area contributed by atoms with Gasteiger partial charge in [-0.3, -0.25) is 0 Å². The van der Waals surface area contributed by atoms with Gasteiger partial charge >= 0.3 is 0 Å². The first-order valence-corrected chi connectivity index (χ1v) is 6.73. The van der Waals surface area contributed by atoms with Crippen LogP contribution >= 0.6 is 23.2 Å². The number of nitrogens with one attached hydrogen (secondary N) is 1. The summed E-state index contributed by atoms with van der Waals surface area (Å²) in [5.74, 6) is 0. The molecular weight excluding hydrogens is 257 g/mol. The number of halogens is 2. The maximum atomic E-state index is 5.95. The van der Waals surface area contributed by atoms with Crippen molar-refractivity contribution in [1.29, 1.82) is 0 Å². The third-order valence-corrected chi connectivity index (χ3v) is 3.45. The molecule has 2 nitrogen and oxygen atoms in total. The van der Waals surface area contributed by atoms with E-state index in [0.29, 0.717) is 22.2 Å². The highest BCUT2D eigenvalue weighted by molar-refractivity contribution is 6.34. The molecule has 0 aromatic heterocycles. The summed E-state index contributed by atoms with van der Waals surface area (Å²) in [6.07, 6.45) is 2.64. The van der Waals surface area contributed by atoms with Crippen molar-refractivity contribution in [3.63, 3.8) is 0 Å². The van der Waals surface area contributed by atoms with Gasteiger partial charge in [0.05, 0.1) is 6.10 Å². The van der Waals surface area contributed by atoms with Crippen molar-refractivity contribution in [3.8, 4) is 0 Å². The Kier molecular flexibility index (Phi) is 4.69. The van der Waals surface area contributed by atoms with Gasteiger partial charge in [-0.2, -0.15) is 0 Å². The highest BCUT2D eigenvalue weighted by Gasteiger charge is 2.28. The number of ether oxygens (including phenoxy) is 1. The van der Waals surface area contributed by atoms with E-state index in [-0.39, 0.29) is 0 Å². The monoisotopic (exact) mass is 273 g/mol. The van der Waals surface area contributed by atoms with Crippen LogP contribution in [0.1, 0.15) is 25.3 Å². The quantitative estimate of drug-likeness (QED) is 0.884. The van der Waals surface area contributed by atoms with Gasteiger partial charge in [-0.05, 0) is 43.5 Å². The van der Waals surface area contributed by atoms with E-state index in [9.17, 15) is 0 Å². The lowest BCUT2D eigenvalue weighted by Gasteiger charge is -2.35. The smallest absolute Gasteiger partial charge is 0.0604 e. The van der Waals surface area contributed by atoms with Gasteiger partial charge in [-0.1, -0.05) is 23.2 Å². The predicted octanol–water partition coefficient (Wildman–Crippen LogP) is 3.65. The van der Waals surface area contributed by atoms with Crippen molar-refractivity contribution in [3.05, 3.63) is 33.8 Å². The van der Waals surface area contributed by atoms with E-state index >= 15 is 0 Å². The molecule has 0 unspecified atom stereocenters. The van der Waals surface area contributed by atoms with E-state index in [1.54, 1.807) is 6.07 Å². The van der Waals surface area contributed by atoms with Crippen LogP contribution in [0.5, 0.6) is 0 Å². The molecule has 0 bridgehead atoms. The first-order chi connectivity index (χ1) is 8.17. The van der Waals surface area contributed by atoms with Gasteiger partial charge in [0.15, 0.2) is 0 Å². The van der Waals surface area contributed by atoms with Crippen molar-refractivity contribution in [2.75, 3.05) is 6.61 Å². The highest BCUT2D eigenvalue weighted by Crippen LogP contribution is 2.24. The third kappa shape index (κ3) is 3.85. The molecule has 0 spiro atoms. The summed E-state index contributed by atoms with van der Waals surface area (Å²) < 4.78 is 5.52. The number of rotatable bonds is 5. The lowest BCUT2D eigenvalue weighted by atomic mass is 9.89.